The van der Waals surface area contributed by atoms with Gasteiger partial charge in [-0.25, -0.2) is 9.59 Å². The number of benzene rings is 3. The normalized spacial score (nSPS) is 22.8. The van der Waals surface area contributed by atoms with Crippen molar-refractivity contribution in [3.05, 3.63) is 101 Å². The van der Waals surface area contributed by atoms with Crippen LogP contribution in [0.1, 0.15) is 56.4 Å². The second-order valence-corrected chi connectivity index (χ2v) is 15.3. The lowest BCUT2D eigenvalue weighted by Crippen LogP contribution is -2.69. The Balaban J connectivity index is 1.47. The molecule has 0 radical (unpaired) electrons. The molecule has 0 saturated heterocycles. The van der Waals surface area contributed by atoms with Crippen molar-refractivity contribution in [1.29, 1.82) is 0 Å². The maximum Gasteiger partial charge on any atom is 0.417 e. The maximum atomic E-state index is 14.1. The molecule has 2 aliphatic carbocycles. The molecule has 6 unspecified atom stereocenters. The molecule has 332 valence electrons. The lowest BCUT2D eigenvalue weighted by molar-refractivity contribution is -0.384. The van der Waals surface area contributed by atoms with Gasteiger partial charge in [-0.3, -0.25) is 15.4 Å². The molecule has 3 aromatic rings. The van der Waals surface area contributed by atoms with Crippen LogP contribution >= 0.6 is 0 Å². The summed E-state index contributed by atoms with van der Waals surface area (Å²) in [6.45, 7) is 4.02. The van der Waals surface area contributed by atoms with E-state index in [1.54, 1.807) is 49.5 Å². The molecular weight excluding hydrogens is 805 g/mol. The third-order valence-corrected chi connectivity index (χ3v) is 11.7. The summed E-state index contributed by atoms with van der Waals surface area (Å²) in [7, 11) is 6.02. The average Bonchev–Trinajstić information content (AvgIpc) is 3.27. The number of unbranched alkanes of at least 4 members (excludes halogenated alkanes) is 2. The van der Waals surface area contributed by atoms with Gasteiger partial charge in [0.2, 0.25) is 5.79 Å². The Bertz CT molecular complexity index is 2140. The summed E-state index contributed by atoms with van der Waals surface area (Å²) in [5, 5.41) is 38.2. The lowest BCUT2D eigenvalue weighted by Gasteiger charge is -2.59. The van der Waals surface area contributed by atoms with Crippen LogP contribution in [0.4, 0.5) is 21.0 Å². The van der Waals surface area contributed by atoms with Gasteiger partial charge in [-0.2, -0.15) is 0 Å². The van der Waals surface area contributed by atoms with E-state index in [-0.39, 0.29) is 55.3 Å². The van der Waals surface area contributed by atoms with Gasteiger partial charge in [0.05, 0.1) is 43.1 Å². The highest BCUT2D eigenvalue weighted by molar-refractivity contribution is 6.03. The highest BCUT2D eigenvalue weighted by Gasteiger charge is 2.65. The molecule has 3 aliphatic rings. The van der Waals surface area contributed by atoms with Gasteiger partial charge < -0.3 is 48.4 Å². The van der Waals surface area contributed by atoms with Crippen LogP contribution in [0.3, 0.4) is 0 Å². The summed E-state index contributed by atoms with van der Waals surface area (Å²) in [6.07, 6.45) is 6.43. The third kappa shape index (κ3) is 9.64. The zero-order valence-electron chi connectivity index (χ0n) is 35.3. The minimum atomic E-state index is -1.57. The molecule has 3 N–H and O–H groups in total. The average molecular weight is 859 g/mol. The number of carbonyl (C=O) groups is 2. The third-order valence-electron chi connectivity index (χ3n) is 11.7. The fourth-order valence-electron chi connectivity index (χ4n) is 8.98. The van der Waals surface area contributed by atoms with Crippen LogP contribution in [0.2, 0.25) is 0 Å². The number of nitrogens with one attached hydrogen (secondary N) is 1. The van der Waals surface area contributed by atoms with Crippen LogP contribution in [0, 0.1) is 27.9 Å². The molecule has 1 heterocycles. The molecule has 17 nitrogen and oxygen atoms in total. The zero-order chi connectivity index (χ0) is 44.4. The Morgan fingerprint density at radius 1 is 0.968 bits per heavy atom. The number of allylic oxidation sites excluding steroid dienone is 1. The van der Waals surface area contributed by atoms with Gasteiger partial charge in [-0.15, -0.1) is 6.58 Å². The molecule has 0 spiro atoms. The number of non-ortho nitro benzene ring substituents is 1. The Morgan fingerprint density at radius 2 is 1.68 bits per heavy atom. The van der Waals surface area contributed by atoms with E-state index in [0.29, 0.717) is 54.3 Å². The number of anilines is 1. The Kier molecular flexibility index (Phi) is 15.1. The van der Waals surface area contributed by atoms with Crippen molar-refractivity contribution in [2.45, 2.75) is 62.7 Å². The van der Waals surface area contributed by atoms with E-state index in [1.807, 2.05) is 0 Å². The number of rotatable bonds is 19. The van der Waals surface area contributed by atoms with Crippen molar-refractivity contribution < 1.29 is 58.0 Å². The first-order valence-electron chi connectivity index (χ1n) is 20.5. The topological polar surface area (TPSA) is 210 Å². The molecule has 62 heavy (non-hydrogen) atoms. The molecule has 6 atom stereocenters. The number of nitro benzene ring substituents is 1. The Morgan fingerprint density at radius 3 is 2.34 bits per heavy atom. The Labute approximate surface area is 360 Å². The van der Waals surface area contributed by atoms with Gasteiger partial charge in [-0.1, -0.05) is 30.1 Å². The van der Waals surface area contributed by atoms with Crippen LogP contribution in [-0.4, -0.2) is 98.0 Å². The summed E-state index contributed by atoms with van der Waals surface area (Å²) in [5.41, 5.74) is 2.32. The quantitative estimate of drug-likeness (QED) is 0.0459. The molecule has 6 rings (SSSR count). The zero-order valence-corrected chi connectivity index (χ0v) is 35.3. The van der Waals surface area contributed by atoms with Crippen molar-refractivity contribution in [2.24, 2.45) is 22.9 Å². The van der Waals surface area contributed by atoms with Crippen molar-refractivity contribution in [2.75, 3.05) is 53.5 Å². The summed E-state index contributed by atoms with van der Waals surface area (Å²) in [6, 6.07) is 14.4. The van der Waals surface area contributed by atoms with E-state index in [1.165, 1.54) is 50.5 Å². The molecule has 1 saturated carbocycles. The number of fused-ring (bicyclic) bond motifs is 2. The maximum absolute atomic E-state index is 14.1. The number of hydrogen-bond donors (Lipinski definition) is 3. The number of carbonyl (C=O) groups excluding carboxylic acids is 2. The van der Waals surface area contributed by atoms with E-state index in [2.05, 4.69) is 23.1 Å². The number of hydrogen-bond acceptors (Lipinski definition) is 14. The first kappa shape index (κ1) is 45.4. The van der Waals surface area contributed by atoms with Crippen LogP contribution in [-0.2, 0) is 9.57 Å². The number of nitrogens with zero attached hydrogens (tertiary/aromatic N) is 3. The van der Waals surface area contributed by atoms with Gasteiger partial charge in [0.25, 0.3) is 5.69 Å². The van der Waals surface area contributed by atoms with E-state index in [9.17, 15) is 29.9 Å². The number of methoxy groups -OCH3 is 2. The molecule has 1 fully saturated rings. The van der Waals surface area contributed by atoms with E-state index >= 15 is 0 Å². The summed E-state index contributed by atoms with van der Waals surface area (Å²) < 4.78 is 36.4. The smallest absolute Gasteiger partial charge is 0.417 e. The minimum Gasteiger partial charge on any atom is -0.497 e. The first-order chi connectivity index (χ1) is 30.0. The summed E-state index contributed by atoms with van der Waals surface area (Å²) >= 11 is 0. The first-order valence-corrected chi connectivity index (χ1v) is 20.5. The molecule has 2 amide bonds. The number of aliphatic hydroxyl groups is 2. The number of oxime groups is 1. The fourth-order valence-corrected chi connectivity index (χ4v) is 8.98. The Hall–Kier alpha value is -6.17. The largest absolute Gasteiger partial charge is 0.497 e. The second kappa shape index (κ2) is 20.6. The van der Waals surface area contributed by atoms with Crippen LogP contribution in [0.15, 0.2) is 90.1 Å². The number of amides is 2. The van der Waals surface area contributed by atoms with Gasteiger partial charge in [0.15, 0.2) is 0 Å². The molecule has 0 aromatic heterocycles. The van der Waals surface area contributed by atoms with Crippen LogP contribution in [0.25, 0.3) is 0 Å². The van der Waals surface area contributed by atoms with E-state index in [4.69, 9.17) is 33.3 Å². The van der Waals surface area contributed by atoms with Crippen molar-refractivity contribution in [3.8, 4) is 28.7 Å². The van der Waals surface area contributed by atoms with Crippen molar-refractivity contribution in [3.63, 3.8) is 0 Å². The molecular formula is C45H54N4O13. The van der Waals surface area contributed by atoms with Gasteiger partial charge in [-0.05, 0) is 85.6 Å². The second-order valence-electron chi connectivity index (χ2n) is 15.3. The highest BCUT2D eigenvalue weighted by atomic mass is 16.7. The monoisotopic (exact) mass is 858 g/mol. The van der Waals surface area contributed by atoms with Gasteiger partial charge in [0.1, 0.15) is 41.9 Å². The lowest BCUT2D eigenvalue weighted by atomic mass is 9.55. The predicted molar refractivity (Wildman–Crippen MR) is 228 cm³/mol. The van der Waals surface area contributed by atoms with E-state index < -0.39 is 40.8 Å². The molecule has 3 aromatic carbocycles. The van der Waals surface area contributed by atoms with Gasteiger partial charge >= 0.3 is 12.2 Å². The van der Waals surface area contributed by atoms with Crippen molar-refractivity contribution in [1.82, 2.24) is 4.90 Å². The summed E-state index contributed by atoms with van der Waals surface area (Å²) in [4.78, 5) is 45.1. The van der Waals surface area contributed by atoms with Crippen LogP contribution < -0.4 is 29.0 Å². The predicted octanol–water partition coefficient (Wildman–Crippen LogP) is 7.62. The molecule has 1 aliphatic heterocycles. The fraction of sp³-hybridized carbons (Fsp3) is 0.444. The molecule has 0 bridgehead atoms. The highest BCUT2D eigenvalue weighted by Crippen LogP contribution is 2.62. The molecule has 17 heteroatoms. The minimum absolute atomic E-state index is 0.0175. The van der Waals surface area contributed by atoms with Gasteiger partial charge in [0, 0.05) is 56.4 Å². The summed E-state index contributed by atoms with van der Waals surface area (Å²) in [5.74, 6) is -1.01. The number of nitro groups is 1. The van der Waals surface area contributed by atoms with Crippen LogP contribution in [0.5, 0.6) is 28.7 Å². The standard InChI is InChI=1S/C45H54N4O13/c1-6-23-59-45-40(48(2)44(53)61-30-15-13-29(14-16-30)49(54)55)27-37(47-58-5)34-24-28(11-7-9-21-50)33(12-8-10-22-51)41(42(34)45)35-25-32(18-20-38(35)62-45)60-43(52)46-36-19-17-31(56-3)26-39(36)57-4/h6,13-20,24-26,28,33,40-42,50-51H,1,7-12,21-23,27H2,2-5H3,(H,46,52). The number of aliphatic hydroxyl groups excluding tert-OH is 2. The number of ether oxygens (including phenoxy) is 6. The SMILES string of the molecule is C=CCOC12Oc3ccc(OC(=O)Nc4ccc(OC)cc4OC)cc3C3C(CCCCO)C(CCCCO)C=C(C(=NOC)CC1N(C)C(=O)Oc1ccc([N+](=O)[O-])cc1)C32. The van der Waals surface area contributed by atoms with Crippen molar-refractivity contribution >= 4 is 29.3 Å². The van der Waals surface area contributed by atoms with E-state index in [0.717, 1.165) is 24.0 Å². The number of likely N-dealkylation sites (N-methyl/N-ethyl adjacent to an activating group) is 1.